The van der Waals surface area contributed by atoms with Crippen molar-refractivity contribution in [2.45, 2.75) is 26.7 Å². The molecule has 78 valence electrons. The fraction of sp³-hybridized carbons (Fsp3) is 0.333. The SMILES string of the molecule is Cc1ccc(C)c(OC(=O)CCC#N)c1. The van der Waals surface area contributed by atoms with Crippen LogP contribution in [0, 0.1) is 25.2 Å². The summed E-state index contributed by atoms with van der Waals surface area (Å²) in [6.45, 7) is 3.82. The van der Waals surface area contributed by atoms with E-state index in [0.29, 0.717) is 5.75 Å². The first-order valence-corrected chi connectivity index (χ1v) is 4.78. The van der Waals surface area contributed by atoms with Crippen molar-refractivity contribution in [1.29, 1.82) is 5.26 Å². The second-order valence-corrected chi connectivity index (χ2v) is 3.40. The highest BCUT2D eigenvalue weighted by Crippen LogP contribution is 2.19. The number of aryl methyl sites for hydroxylation is 2. The molecule has 0 radical (unpaired) electrons. The molecule has 0 bridgehead atoms. The molecule has 3 nitrogen and oxygen atoms in total. The van der Waals surface area contributed by atoms with Crippen LogP contribution in [0.2, 0.25) is 0 Å². The van der Waals surface area contributed by atoms with Gasteiger partial charge >= 0.3 is 5.97 Å². The molecule has 0 saturated carbocycles. The molecule has 0 aliphatic rings. The summed E-state index contributed by atoms with van der Waals surface area (Å²) in [7, 11) is 0. The Morgan fingerprint density at radius 2 is 2.20 bits per heavy atom. The fourth-order valence-electron chi connectivity index (χ4n) is 1.15. The van der Waals surface area contributed by atoms with E-state index in [9.17, 15) is 4.79 Å². The van der Waals surface area contributed by atoms with Gasteiger partial charge in [-0.2, -0.15) is 5.26 Å². The average molecular weight is 203 g/mol. The molecule has 0 amide bonds. The van der Waals surface area contributed by atoms with Crippen molar-refractivity contribution in [3.63, 3.8) is 0 Å². The van der Waals surface area contributed by atoms with Gasteiger partial charge in [-0.3, -0.25) is 4.79 Å². The van der Waals surface area contributed by atoms with Gasteiger partial charge in [0.05, 0.1) is 12.5 Å². The van der Waals surface area contributed by atoms with Crippen LogP contribution in [0.4, 0.5) is 0 Å². The summed E-state index contributed by atoms with van der Waals surface area (Å²) in [5.41, 5.74) is 1.97. The van der Waals surface area contributed by atoms with Gasteiger partial charge in [0, 0.05) is 6.42 Å². The number of hydrogen-bond donors (Lipinski definition) is 0. The standard InChI is InChI=1S/C12H13NO2/c1-9-5-6-10(2)11(8-9)15-12(14)4-3-7-13/h5-6,8H,3-4H2,1-2H3. The molecule has 0 unspecified atom stereocenters. The van der Waals surface area contributed by atoms with Gasteiger partial charge in [-0.05, 0) is 31.0 Å². The number of esters is 1. The second kappa shape index (κ2) is 5.16. The molecule has 0 aliphatic heterocycles. The van der Waals surface area contributed by atoms with Crippen molar-refractivity contribution in [1.82, 2.24) is 0 Å². The average Bonchev–Trinajstić information content (AvgIpc) is 2.20. The van der Waals surface area contributed by atoms with E-state index < -0.39 is 0 Å². The molecular weight excluding hydrogens is 190 g/mol. The third-order valence-corrected chi connectivity index (χ3v) is 2.01. The normalized spacial score (nSPS) is 9.40. The van der Waals surface area contributed by atoms with E-state index in [0.717, 1.165) is 11.1 Å². The first kappa shape index (κ1) is 11.3. The van der Waals surface area contributed by atoms with Gasteiger partial charge in [0.2, 0.25) is 0 Å². The van der Waals surface area contributed by atoms with Crippen LogP contribution in [0.3, 0.4) is 0 Å². The fourth-order valence-corrected chi connectivity index (χ4v) is 1.15. The van der Waals surface area contributed by atoms with Crippen LogP contribution in [0.1, 0.15) is 24.0 Å². The van der Waals surface area contributed by atoms with Gasteiger partial charge in [-0.1, -0.05) is 12.1 Å². The van der Waals surface area contributed by atoms with Crippen molar-refractivity contribution in [2.75, 3.05) is 0 Å². The maximum absolute atomic E-state index is 11.3. The van der Waals surface area contributed by atoms with Gasteiger partial charge in [0.25, 0.3) is 0 Å². The first-order valence-electron chi connectivity index (χ1n) is 4.78. The van der Waals surface area contributed by atoms with Crippen LogP contribution in [-0.4, -0.2) is 5.97 Å². The van der Waals surface area contributed by atoms with Crippen molar-refractivity contribution in [2.24, 2.45) is 0 Å². The van der Waals surface area contributed by atoms with Gasteiger partial charge in [0.1, 0.15) is 5.75 Å². The van der Waals surface area contributed by atoms with E-state index in [-0.39, 0.29) is 18.8 Å². The third kappa shape index (κ3) is 3.43. The third-order valence-electron chi connectivity index (χ3n) is 2.01. The van der Waals surface area contributed by atoms with Crippen LogP contribution in [0.15, 0.2) is 18.2 Å². The number of hydrogen-bond acceptors (Lipinski definition) is 3. The van der Waals surface area contributed by atoms with Crippen LogP contribution in [-0.2, 0) is 4.79 Å². The molecule has 3 heteroatoms. The Hall–Kier alpha value is -1.82. The number of nitrogens with zero attached hydrogens (tertiary/aromatic N) is 1. The second-order valence-electron chi connectivity index (χ2n) is 3.40. The zero-order valence-electron chi connectivity index (χ0n) is 8.91. The molecular formula is C12H13NO2. The lowest BCUT2D eigenvalue weighted by Crippen LogP contribution is -2.08. The van der Waals surface area contributed by atoms with Gasteiger partial charge < -0.3 is 4.74 Å². The molecule has 15 heavy (non-hydrogen) atoms. The Balaban J connectivity index is 2.68. The number of ether oxygens (including phenoxy) is 1. The maximum Gasteiger partial charge on any atom is 0.312 e. The van der Waals surface area contributed by atoms with Crippen LogP contribution in [0.5, 0.6) is 5.75 Å². The zero-order valence-corrected chi connectivity index (χ0v) is 8.91. The largest absolute Gasteiger partial charge is 0.426 e. The summed E-state index contributed by atoms with van der Waals surface area (Å²) < 4.78 is 5.14. The summed E-state index contributed by atoms with van der Waals surface area (Å²) in [5.74, 6) is 0.225. The van der Waals surface area contributed by atoms with Crippen molar-refractivity contribution in [3.05, 3.63) is 29.3 Å². The number of benzene rings is 1. The molecule has 0 fully saturated rings. The quantitative estimate of drug-likeness (QED) is 0.560. The van der Waals surface area contributed by atoms with Crippen LogP contribution < -0.4 is 4.74 Å². The predicted octanol–water partition coefficient (Wildman–Crippen LogP) is 2.51. The molecule has 0 N–H and O–H groups in total. The monoisotopic (exact) mass is 203 g/mol. The lowest BCUT2D eigenvalue weighted by molar-refractivity contribution is -0.134. The Morgan fingerprint density at radius 3 is 2.87 bits per heavy atom. The van der Waals surface area contributed by atoms with Crippen molar-refractivity contribution in [3.8, 4) is 11.8 Å². The van der Waals surface area contributed by atoms with Crippen molar-refractivity contribution < 1.29 is 9.53 Å². The van der Waals surface area contributed by atoms with Gasteiger partial charge in [-0.25, -0.2) is 0 Å². The Labute approximate surface area is 89.3 Å². The molecule has 0 spiro atoms. The summed E-state index contributed by atoms with van der Waals surface area (Å²) in [6.07, 6.45) is 0.341. The molecule has 0 aromatic heterocycles. The van der Waals surface area contributed by atoms with Crippen LogP contribution >= 0.6 is 0 Å². The minimum Gasteiger partial charge on any atom is -0.426 e. The molecule has 0 aliphatic carbocycles. The van der Waals surface area contributed by atoms with Gasteiger partial charge in [-0.15, -0.1) is 0 Å². The summed E-state index contributed by atoms with van der Waals surface area (Å²) in [4.78, 5) is 11.3. The number of rotatable bonds is 3. The lowest BCUT2D eigenvalue weighted by Gasteiger charge is -2.07. The predicted molar refractivity (Wildman–Crippen MR) is 56.4 cm³/mol. The molecule has 0 atom stereocenters. The number of carbonyl (C=O) groups is 1. The minimum absolute atomic E-state index is 0.143. The Morgan fingerprint density at radius 1 is 1.47 bits per heavy atom. The molecule has 0 heterocycles. The first-order chi connectivity index (χ1) is 7.13. The van der Waals surface area contributed by atoms with E-state index in [1.54, 1.807) is 0 Å². The topological polar surface area (TPSA) is 50.1 Å². The van der Waals surface area contributed by atoms with E-state index in [1.165, 1.54) is 0 Å². The molecule has 0 saturated heterocycles. The molecule has 1 aromatic carbocycles. The molecule has 1 aromatic rings. The Bertz CT molecular complexity index is 405. The van der Waals surface area contributed by atoms with Crippen molar-refractivity contribution >= 4 is 5.97 Å². The van der Waals surface area contributed by atoms with E-state index in [2.05, 4.69) is 0 Å². The smallest absolute Gasteiger partial charge is 0.312 e. The zero-order chi connectivity index (χ0) is 11.3. The van der Waals surface area contributed by atoms with E-state index in [4.69, 9.17) is 10.00 Å². The minimum atomic E-state index is -0.356. The number of carbonyl (C=O) groups excluding carboxylic acids is 1. The highest BCUT2D eigenvalue weighted by molar-refractivity contribution is 5.73. The maximum atomic E-state index is 11.3. The van der Waals surface area contributed by atoms with E-state index >= 15 is 0 Å². The van der Waals surface area contributed by atoms with Gasteiger partial charge in [0.15, 0.2) is 0 Å². The number of nitriles is 1. The summed E-state index contributed by atoms with van der Waals surface area (Å²) in [5, 5.41) is 8.32. The highest BCUT2D eigenvalue weighted by Gasteiger charge is 2.06. The molecule has 1 rings (SSSR count). The Kier molecular flexibility index (Phi) is 3.87. The summed E-state index contributed by atoms with van der Waals surface area (Å²) in [6, 6.07) is 7.59. The summed E-state index contributed by atoms with van der Waals surface area (Å²) >= 11 is 0. The van der Waals surface area contributed by atoms with Crippen LogP contribution in [0.25, 0.3) is 0 Å². The van der Waals surface area contributed by atoms with E-state index in [1.807, 2.05) is 38.1 Å². The highest BCUT2D eigenvalue weighted by atomic mass is 16.5. The lowest BCUT2D eigenvalue weighted by atomic mass is 10.1.